The van der Waals surface area contributed by atoms with Gasteiger partial charge in [-0.1, -0.05) is 55.0 Å². The fourth-order valence-corrected chi connectivity index (χ4v) is 1.81. The number of benzene rings is 1. The van der Waals surface area contributed by atoms with Crippen molar-refractivity contribution < 1.29 is 14.3 Å². The third-order valence-electron chi connectivity index (χ3n) is 2.92. The van der Waals surface area contributed by atoms with Crippen molar-refractivity contribution in [2.45, 2.75) is 45.6 Å². The molecule has 0 bridgehead atoms. The van der Waals surface area contributed by atoms with E-state index in [1.807, 2.05) is 18.2 Å². The van der Waals surface area contributed by atoms with Crippen LogP contribution in [0.3, 0.4) is 0 Å². The van der Waals surface area contributed by atoms with Crippen LogP contribution in [-0.4, -0.2) is 19.2 Å². The van der Waals surface area contributed by atoms with E-state index in [0.717, 1.165) is 32.3 Å². The summed E-state index contributed by atoms with van der Waals surface area (Å²) >= 11 is 0. The summed E-state index contributed by atoms with van der Waals surface area (Å²) in [5.74, 6) is 5.56. The van der Waals surface area contributed by atoms with Gasteiger partial charge in [-0.3, -0.25) is 4.79 Å². The lowest BCUT2D eigenvalue weighted by Gasteiger charge is -2.03. The molecule has 0 unspecified atom stereocenters. The first kappa shape index (κ1) is 17.3. The second kappa shape index (κ2) is 12.0. The molecule has 1 rings (SSSR count). The lowest BCUT2D eigenvalue weighted by Crippen LogP contribution is -1.97. The van der Waals surface area contributed by atoms with Gasteiger partial charge in [-0.25, -0.2) is 0 Å². The number of hydrogen-bond donors (Lipinski definition) is 0. The number of rotatable bonds is 9. The summed E-state index contributed by atoms with van der Waals surface area (Å²) in [6.07, 6.45) is 5.38. The number of ether oxygens (including phenoxy) is 2. The Kier molecular flexibility index (Phi) is 9.86. The molecule has 0 saturated carbocycles. The van der Waals surface area contributed by atoms with Gasteiger partial charge in [-0.05, 0) is 18.4 Å². The van der Waals surface area contributed by atoms with Gasteiger partial charge in [0.1, 0.15) is 0 Å². The fraction of sp³-hybridized carbons (Fsp3) is 0.500. The third kappa shape index (κ3) is 10.6. The van der Waals surface area contributed by atoms with E-state index in [-0.39, 0.29) is 12.6 Å². The number of esters is 1. The minimum atomic E-state index is -0.278. The second-order valence-electron chi connectivity index (χ2n) is 4.84. The van der Waals surface area contributed by atoms with E-state index in [2.05, 4.69) is 24.0 Å². The molecule has 3 nitrogen and oxygen atoms in total. The molecular weight excluding hydrogens is 264 g/mol. The van der Waals surface area contributed by atoms with E-state index in [1.54, 1.807) is 0 Å². The molecular formula is C18H24O3. The Balaban J connectivity index is 1.85. The molecule has 3 heteroatoms. The topological polar surface area (TPSA) is 35.5 Å². The van der Waals surface area contributed by atoms with Gasteiger partial charge in [-0.2, -0.15) is 0 Å². The van der Waals surface area contributed by atoms with E-state index in [0.29, 0.717) is 6.61 Å². The first-order valence-corrected chi connectivity index (χ1v) is 7.50. The Labute approximate surface area is 127 Å². The van der Waals surface area contributed by atoms with Crippen LogP contribution >= 0.6 is 0 Å². The van der Waals surface area contributed by atoms with Crippen molar-refractivity contribution in [2.24, 2.45) is 0 Å². The van der Waals surface area contributed by atoms with Gasteiger partial charge in [0.05, 0.1) is 6.61 Å². The second-order valence-corrected chi connectivity index (χ2v) is 4.84. The highest BCUT2D eigenvalue weighted by molar-refractivity contribution is 5.66. The maximum absolute atomic E-state index is 10.5. The van der Waals surface area contributed by atoms with Crippen molar-refractivity contribution in [3.63, 3.8) is 0 Å². The van der Waals surface area contributed by atoms with Crippen LogP contribution in [0.1, 0.15) is 44.6 Å². The highest BCUT2D eigenvalue weighted by Gasteiger charge is 1.93. The smallest absolute Gasteiger partial charge is 0.303 e. The Morgan fingerprint density at radius 1 is 1.05 bits per heavy atom. The number of hydrogen-bond acceptors (Lipinski definition) is 3. The molecule has 0 aliphatic carbocycles. The Hall–Kier alpha value is -1.79. The molecule has 0 fully saturated rings. The van der Waals surface area contributed by atoms with Crippen LogP contribution in [0.5, 0.6) is 0 Å². The quantitative estimate of drug-likeness (QED) is 0.395. The van der Waals surface area contributed by atoms with Crippen molar-refractivity contribution in [2.75, 3.05) is 13.2 Å². The maximum atomic E-state index is 10.5. The molecule has 1 aromatic rings. The van der Waals surface area contributed by atoms with Crippen LogP contribution in [0, 0.1) is 11.8 Å². The van der Waals surface area contributed by atoms with Gasteiger partial charge in [0, 0.05) is 20.0 Å². The van der Waals surface area contributed by atoms with Gasteiger partial charge in [-0.15, -0.1) is 0 Å². The molecule has 0 heterocycles. The van der Waals surface area contributed by atoms with Gasteiger partial charge in [0.15, 0.2) is 6.61 Å². The first-order chi connectivity index (χ1) is 10.3. The summed E-state index contributed by atoms with van der Waals surface area (Å²) in [6, 6.07) is 10.2. The fourth-order valence-electron chi connectivity index (χ4n) is 1.81. The number of carbonyl (C=O) groups is 1. The van der Waals surface area contributed by atoms with Crippen molar-refractivity contribution >= 4 is 5.97 Å². The maximum Gasteiger partial charge on any atom is 0.303 e. The van der Waals surface area contributed by atoms with E-state index in [9.17, 15) is 4.79 Å². The van der Waals surface area contributed by atoms with Crippen LogP contribution in [0.2, 0.25) is 0 Å². The van der Waals surface area contributed by atoms with E-state index in [4.69, 9.17) is 9.47 Å². The van der Waals surface area contributed by atoms with Crippen LogP contribution in [0.4, 0.5) is 0 Å². The molecule has 0 amide bonds. The predicted octanol–water partition coefficient (Wildman–Crippen LogP) is 3.72. The Bertz CT molecular complexity index is 443. The van der Waals surface area contributed by atoms with E-state index in [1.165, 1.54) is 18.9 Å². The van der Waals surface area contributed by atoms with Gasteiger partial charge >= 0.3 is 5.97 Å². The minimum Gasteiger partial charge on any atom is -0.453 e. The summed E-state index contributed by atoms with van der Waals surface area (Å²) in [4.78, 5) is 10.5. The average Bonchev–Trinajstić information content (AvgIpc) is 2.49. The molecule has 0 saturated heterocycles. The average molecular weight is 288 g/mol. The molecule has 0 radical (unpaired) electrons. The van der Waals surface area contributed by atoms with E-state index >= 15 is 0 Å². The van der Waals surface area contributed by atoms with Crippen LogP contribution < -0.4 is 0 Å². The van der Waals surface area contributed by atoms with E-state index < -0.39 is 0 Å². The predicted molar refractivity (Wildman–Crippen MR) is 83.6 cm³/mol. The van der Waals surface area contributed by atoms with Crippen LogP contribution in [0.25, 0.3) is 0 Å². The largest absolute Gasteiger partial charge is 0.453 e. The van der Waals surface area contributed by atoms with Gasteiger partial charge < -0.3 is 9.47 Å². The van der Waals surface area contributed by atoms with Crippen molar-refractivity contribution in [3.05, 3.63) is 35.9 Å². The zero-order valence-corrected chi connectivity index (χ0v) is 12.8. The summed E-state index contributed by atoms with van der Waals surface area (Å²) in [6.45, 7) is 3.11. The monoisotopic (exact) mass is 288 g/mol. The molecule has 0 aromatic heterocycles. The summed E-state index contributed by atoms with van der Waals surface area (Å²) in [7, 11) is 0. The van der Waals surface area contributed by atoms with Gasteiger partial charge in [0.25, 0.3) is 0 Å². The Morgan fingerprint density at radius 3 is 2.57 bits per heavy atom. The first-order valence-electron chi connectivity index (χ1n) is 7.50. The zero-order chi connectivity index (χ0) is 15.2. The lowest BCUT2D eigenvalue weighted by atomic mass is 10.1. The highest BCUT2D eigenvalue weighted by atomic mass is 16.5. The highest BCUT2D eigenvalue weighted by Crippen LogP contribution is 2.05. The molecule has 0 aliphatic heterocycles. The molecule has 21 heavy (non-hydrogen) atoms. The van der Waals surface area contributed by atoms with Gasteiger partial charge in [0.2, 0.25) is 0 Å². The molecule has 0 N–H and O–H groups in total. The number of unbranched alkanes of at least 4 members (excludes halogenated alkanes) is 4. The molecule has 1 aromatic carbocycles. The zero-order valence-electron chi connectivity index (χ0n) is 12.8. The Morgan fingerprint density at radius 2 is 1.81 bits per heavy atom. The summed E-state index contributed by atoms with van der Waals surface area (Å²) < 4.78 is 10.3. The van der Waals surface area contributed by atoms with Crippen LogP contribution in [-0.2, 0) is 20.9 Å². The molecule has 0 aliphatic rings. The number of carbonyl (C=O) groups excluding carboxylic acids is 1. The minimum absolute atomic E-state index is 0.211. The third-order valence-corrected chi connectivity index (χ3v) is 2.92. The normalized spacial score (nSPS) is 9.76. The molecule has 0 spiro atoms. The molecule has 114 valence electrons. The van der Waals surface area contributed by atoms with Crippen molar-refractivity contribution in [3.8, 4) is 11.8 Å². The van der Waals surface area contributed by atoms with Crippen molar-refractivity contribution in [1.29, 1.82) is 0 Å². The summed E-state index contributed by atoms with van der Waals surface area (Å²) in [5, 5.41) is 0. The van der Waals surface area contributed by atoms with Crippen molar-refractivity contribution in [1.82, 2.24) is 0 Å². The SMILES string of the molecule is CC(=O)OCC#CCCCCCCOCc1ccccc1. The summed E-state index contributed by atoms with van der Waals surface area (Å²) in [5.41, 5.74) is 1.22. The molecule has 0 atom stereocenters. The lowest BCUT2D eigenvalue weighted by molar-refractivity contribution is -0.139. The van der Waals surface area contributed by atoms with Crippen LogP contribution in [0.15, 0.2) is 30.3 Å². The standard InChI is InChI=1S/C18H24O3/c1-17(19)21-15-11-6-4-2-3-5-10-14-20-16-18-12-8-7-9-13-18/h7-9,12-13H,2-5,10,14-16H2,1H3.